The fourth-order valence-corrected chi connectivity index (χ4v) is 3.99. The first-order valence-electron chi connectivity index (χ1n) is 10.9. The number of aromatic nitrogens is 5. The van der Waals surface area contributed by atoms with E-state index in [1.807, 2.05) is 29.2 Å². The summed E-state index contributed by atoms with van der Waals surface area (Å²) in [6.07, 6.45) is 5.00. The highest BCUT2D eigenvalue weighted by Gasteiger charge is 2.27. The Kier molecular flexibility index (Phi) is 5.86. The van der Waals surface area contributed by atoms with Gasteiger partial charge in [0, 0.05) is 44.8 Å². The lowest BCUT2D eigenvalue weighted by Gasteiger charge is -2.34. The Morgan fingerprint density at radius 1 is 0.941 bits per heavy atom. The molecular formula is C24H23N7O3. The lowest BCUT2D eigenvalue weighted by molar-refractivity contribution is 0.0738. The Morgan fingerprint density at radius 2 is 1.65 bits per heavy atom. The van der Waals surface area contributed by atoms with E-state index in [-0.39, 0.29) is 18.1 Å². The Balaban J connectivity index is 1.43. The van der Waals surface area contributed by atoms with E-state index in [9.17, 15) is 9.59 Å². The molecule has 0 radical (unpaired) electrons. The monoisotopic (exact) mass is 457 g/mol. The summed E-state index contributed by atoms with van der Waals surface area (Å²) in [4.78, 5) is 47.8. The summed E-state index contributed by atoms with van der Waals surface area (Å²) in [6, 6.07) is 12.7. The summed E-state index contributed by atoms with van der Waals surface area (Å²) >= 11 is 0. The maximum atomic E-state index is 13.4. The zero-order valence-corrected chi connectivity index (χ0v) is 18.7. The molecule has 1 aliphatic heterocycles. The predicted octanol–water partition coefficient (Wildman–Crippen LogP) is 1.60. The number of benzene rings is 1. The second-order valence-electron chi connectivity index (χ2n) is 7.87. The van der Waals surface area contributed by atoms with Crippen molar-refractivity contribution in [2.45, 2.75) is 6.54 Å². The first-order chi connectivity index (χ1) is 16.6. The van der Waals surface area contributed by atoms with E-state index < -0.39 is 5.56 Å². The third-order valence-corrected chi connectivity index (χ3v) is 5.81. The predicted molar refractivity (Wildman–Crippen MR) is 126 cm³/mol. The van der Waals surface area contributed by atoms with Crippen LogP contribution in [0.1, 0.15) is 16.1 Å². The topological polar surface area (TPSA) is 106 Å². The Labute approximate surface area is 195 Å². The van der Waals surface area contributed by atoms with Crippen LogP contribution in [-0.4, -0.2) is 68.6 Å². The van der Waals surface area contributed by atoms with Crippen molar-refractivity contribution >= 4 is 23.0 Å². The molecule has 0 N–H and O–H groups in total. The molecule has 0 saturated carbocycles. The molecule has 10 nitrogen and oxygen atoms in total. The Hall–Kier alpha value is -4.34. The van der Waals surface area contributed by atoms with Crippen molar-refractivity contribution in [3.63, 3.8) is 0 Å². The minimum Gasteiger partial charge on any atom is -0.497 e. The number of hydrogen-bond donors (Lipinski definition) is 0. The van der Waals surface area contributed by atoms with E-state index in [2.05, 4.69) is 19.9 Å². The van der Waals surface area contributed by atoms with Gasteiger partial charge in [0.1, 0.15) is 11.3 Å². The van der Waals surface area contributed by atoms with Crippen LogP contribution in [0.25, 0.3) is 11.2 Å². The molecule has 1 saturated heterocycles. The summed E-state index contributed by atoms with van der Waals surface area (Å²) in [5.74, 6) is 0.976. The van der Waals surface area contributed by atoms with Crippen molar-refractivity contribution < 1.29 is 9.53 Å². The normalized spacial score (nSPS) is 13.8. The van der Waals surface area contributed by atoms with Gasteiger partial charge in [-0.1, -0.05) is 12.1 Å². The molecule has 0 spiro atoms. The van der Waals surface area contributed by atoms with Gasteiger partial charge in [-0.2, -0.15) is 0 Å². The number of methoxy groups -OCH3 is 1. The van der Waals surface area contributed by atoms with Crippen LogP contribution in [-0.2, 0) is 6.54 Å². The molecule has 0 atom stereocenters. The number of pyridine rings is 1. The van der Waals surface area contributed by atoms with Crippen LogP contribution >= 0.6 is 0 Å². The molecule has 3 aromatic heterocycles. The molecule has 34 heavy (non-hydrogen) atoms. The number of carbonyl (C=O) groups is 1. The van der Waals surface area contributed by atoms with Gasteiger partial charge in [0.15, 0.2) is 11.3 Å². The van der Waals surface area contributed by atoms with Crippen LogP contribution < -0.4 is 15.2 Å². The first-order valence-corrected chi connectivity index (χ1v) is 10.9. The van der Waals surface area contributed by atoms with E-state index in [1.54, 1.807) is 48.8 Å². The van der Waals surface area contributed by atoms with Crippen molar-refractivity contribution in [1.82, 2.24) is 29.4 Å². The van der Waals surface area contributed by atoms with Gasteiger partial charge in [-0.25, -0.2) is 19.9 Å². The van der Waals surface area contributed by atoms with Crippen molar-refractivity contribution in [3.8, 4) is 5.75 Å². The van der Waals surface area contributed by atoms with Crippen molar-refractivity contribution in [2.75, 3.05) is 38.2 Å². The van der Waals surface area contributed by atoms with E-state index >= 15 is 0 Å². The molecule has 1 fully saturated rings. The highest BCUT2D eigenvalue weighted by atomic mass is 16.5. The van der Waals surface area contributed by atoms with Crippen LogP contribution in [0.4, 0.5) is 5.95 Å². The number of anilines is 1. The fourth-order valence-electron chi connectivity index (χ4n) is 3.99. The average Bonchev–Trinajstić information content (AvgIpc) is 2.90. The number of hydrogen-bond acceptors (Lipinski definition) is 8. The zero-order chi connectivity index (χ0) is 23.5. The van der Waals surface area contributed by atoms with Crippen LogP contribution in [0.15, 0.2) is 65.8 Å². The van der Waals surface area contributed by atoms with Crippen LogP contribution in [0.2, 0.25) is 0 Å². The van der Waals surface area contributed by atoms with Crippen LogP contribution in [0.3, 0.4) is 0 Å². The van der Waals surface area contributed by atoms with Gasteiger partial charge >= 0.3 is 0 Å². The summed E-state index contributed by atoms with van der Waals surface area (Å²) in [7, 11) is 1.60. The van der Waals surface area contributed by atoms with E-state index in [0.717, 1.165) is 11.3 Å². The number of piperazine rings is 1. The molecule has 0 aliphatic carbocycles. The van der Waals surface area contributed by atoms with Crippen molar-refractivity contribution in [3.05, 3.63) is 82.7 Å². The summed E-state index contributed by atoms with van der Waals surface area (Å²) < 4.78 is 6.72. The minimum atomic E-state index is -0.458. The molecule has 4 heterocycles. The lowest BCUT2D eigenvalue weighted by Crippen LogP contribution is -2.50. The minimum absolute atomic E-state index is 0.0987. The van der Waals surface area contributed by atoms with Crippen molar-refractivity contribution in [1.29, 1.82) is 0 Å². The third-order valence-electron chi connectivity index (χ3n) is 5.81. The fraction of sp³-hybridized carbons (Fsp3) is 0.250. The summed E-state index contributed by atoms with van der Waals surface area (Å²) in [5, 5.41) is 0. The maximum Gasteiger partial charge on any atom is 0.284 e. The first kappa shape index (κ1) is 21.5. The second kappa shape index (κ2) is 9.26. The van der Waals surface area contributed by atoms with Gasteiger partial charge in [0.25, 0.3) is 11.5 Å². The van der Waals surface area contributed by atoms with Crippen molar-refractivity contribution in [2.24, 2.45) is 0 Å². The lowest BCUT2D eigenvalue weighted by atomic mass is 10.2. The standard InChI is InChI=1S/C24H23N7O3/c1-34-18-7-5-17(6-8-18)16-31-21-19(4-2-9-25-21)28-20(23(31)33)22(32)29-12-14-30(15-13-29)24-26-10-3-11-27-24/h2-11H,12-16H2,1H3. The largest absolute Gasteiger partial charge is 0.497 e. The molecule has 1 aliphatic rings. The molecule has 1 amide bonds. The Morgan fingerprint density at radius 3 is 2.35 bits per heavy atom. The number of nitrogens with zero attached hydrogens (tertiary/aromatic N) is 7. The van der Waals surface area contributed by atoms with E-state index in [1.165, 1.54) is 4.57 Å². The van der Waals surface area contributed by atoms with Gasteiger partial charge in [-0.3, -0.25) is 14.2 Å². The third kappa shape index (κ3) is 4.17. The molecule has 1 aromatic carbocycles. The molecular weight excluding hydrogens is 434 g/mol. The number of fused-ring (bicyclic) bond motifs is 1. The number of amides is 1. The quantitative estimate of drug-likeness (QED) is 0.445. The molecule has 0 bridgehead atoms. The van der Waals surface area contributed by atoms with Gasteiger partial charge in [0.2, 0.25) is 5.95 Å². The highest BCUT2D eigenvalue weighted by molar-refractivity contribution is 5.93. The zero-order valence-electron chi connectivity index (χ0n) is 18.7. The number of ether oxygens (including phenoxy) is 1. The molecule has 172 valence electrons. The average molecular weight is 457 g/mol. The second-order valence-corrected chi connectivity index (χ2v) is 7.87. The smallest absolute Gasteiger partial charge is 0.284 e. The SMILES string of the molecule is COc1ccc(Cn2c(=O)c(C(=O)N3CCN(c4ncccn4)CC3)nc3cccnc32)cc1. The van der Waals surface area contributed by atoms with Gasteiger partial charge in [-0.15, -0.1) is 0 Å². The molecule has 0 unspecified atom stereocenters. The van der Waals surface area contributed by atoms with E-state index in [0.29, 0.717) is 43.3 Å². The molecule has 4 aromatic rings. The van der Waals surface area contributed by atoms with Gasteiger partial charge in [0.05, 0.1) is 13.7 Å². The van der Waals surface area contributed by atoms with Gasteiger partial charge < -0.3 is 14.5 Å². The highest BCUT2D eigenvalue weighted by Crippen LogP contribution is 2.16. The van der Waals surface area contributed by atoms with Crippen LogP contribution in [0.5, 0.6) is 5.75 Å². The van der Waals surface area contributed by atoms with Crippen LogP contribution in [0, 0.1) is 0 Å². The number of rotatable bonds is 5. The number of carbonyl (C=O) groups excluding carboxylic acids is 1. The molecule has 5 rings (SSSR count). The summed E-state index contributed by atoms with van der Waals surface area (Å²) in [5.41, 5.74) is 1.26. The van der Waals surface area contributed by atoms with E-state index in [4.69, 9.17) is 4.74 Å². The summed E-state index contributed by atoms with van der Waals surface area (Å²) in [6.45, 7) is 2.30. The Bertz CT molecular complexity index is 1370. The molecule has 10 heteroatoms. The van der Waals surface area contributed by atoms with Gasteiger partial charge in [-0.05, 0) is 35.9 Å². The maximum absolute atomic E-state index is 13.4.